The maximum absolute atomic E-state index is 11.4. The van der Waals surface area contributed by atoms with Gasteiger partial charge < -0.3 is 5.32 Å². The van der Waals surface area contributed by atoms with E-state index in [1.54, 1.807) is 4.57 Å². The quantitative estimate of drug-likeness (QED) is 0.627. The van der Waals surface area contributed by atoms with Gasteiger partial charge in [0.1, 0.15) is 6.20 Å². The minimum Gasteiger partial charge on any atom is -0.317 e. The van der Waals surface area contributed by atoms with Crippen LogP contribution in [0.25, 0.3) is 0 Å². The van der Waals surface area contributed by atoms with Gasteiger partial charge in [0.25, 0.3) is 6.33 Å². The van der Waals surface area contributed by atoms with Gasteiger partial charge in [0.15, 0.2) is 5.69 Å². The zero-order chi connectivity index (χ0) is 9.42. The monoisotopic (exact) mass is 180 g/mol. The molecule has 13 heavy (non-hydrogen) atoms. The van der Waals surface area contributed by atoms with Gasteiger partial charge in [-0.2, -0.15) is 0 Å². The Labute approximate surface area is 77.2 Å². The van der Waals surface area contributed by atoms with E-state index in [0.717, 1.165) is 18.7 Å². The lowest BCUT2D eigenvalue weighted by Gasteiger charge is -2.07. The maximum Gasteiger partial charge on any atom is 0.413 e. The van der Waals surface area contributed by atoms with E-state index in [1.165, 1.54) is 0 Å². The van der Waals surface area contributed by atoms with Crippen LogP contribution < -0.4 is 9.88 Å². The predicted octanol–water partition coefficient (Wildman–Crippen LogP) is 0.470. The van der Waals surface area contributed by atoms with Crippen LogP contribution in [0.1, 0.15) is 25.6 Å². The number of nitrogens with one attached hydrogen (secondary N) is 1. The number of carbonyl (C=O) groups excluding carboxylic acids is 1. The third kappa shape index (κ3) is 1.32. The Morgan fingerprint density at radius 1 is 1.62 bits per heavy atom. The van der Waals surface area contributed by atoms with Crippen LogP contribution in [0.5, 0.6) is 0 Å². The Kier molecular flexibility index (Phi) is 1.83. The van der Waals surface area contributed by atoms with Gasteiger partial charge in [0, 0.05) is 13.0 Å². The highest BCUT2D eigenvalue weighted by Gasteiger charge is 2.24. The molecule has 2 rings (SSSR count). The normalized spacial score (nSPS) is 15.8. The molecule has 4 nitrogen and oxygen atoms in total. The summed E-state index contributed by atoms with van der Waals surface area (Å²) in [6.45, 7) is 4.95. The van der Waals surface area contributed by atoms with Crippen LogP contribution in [-0.4, -0.2) is 17.1 Å². The van der Waals surface area contributed by atoms with E-state index in [-0.39, 0.29) is 6.03 Å². The van der Waals surface area contributed by atoms with Crippen molar-refractivity contribution in [3.05, 3.63) is 18.2 Å². The van der Waals surface area contributed by atoms with Crippen molar-refractivity contribution in [2.75, 3.05) is 6.54 Å². The summed E-state index contributed by atoms with van der Waals surface area (Å²) in [6, 6.07) is 0.395. The molecule has 0 aromatic carbocycles. The van der Waals surface area contributed by atoms with E-state index in [0.29, 0.717) is 6.04 Å². The first-order valence-electron chi connectivity index (χ1n) is 4.58. The van der Waals surface area contributed by atoms with Crippen LogP contribution in [0.15, 0.2) is 12.5 Å². The number of hydrogen-bond acceptors (Lipinski definition) is 1. The second kappa shape index (κ2) is 2.87. The highest BCUT2D eigenvalue weighted by atomic mass is 16.2. The predicted molar refractivity (Wildman–Crippen MR) is 47.5 cm³/mol. The van der Waals surface area contributed by atoms with Crippen LogP contribution in [0, 0.1) is 0 Å². The van der Waals surface area contributed by atoms with Crippen LogP contribution in [0.3, 0.4) is 0 Å². The van der Waals surface area contributed by atoms with Crippen molar-refractivity contribution in [1.29, 1.82) is 0 Å². The number of carbonyl (C=O) groups is 1. The lowest BCUT2D eigenvalue weighted by atomic mass is 10.3. The summed E-state index contributed by atoms with van der Waals surface area (Å²) in [5, 5.41) is 2.80. The molecule has 2 heterocycles. The standard InChI is InChI=1S/C9H13N3O/c1-7(2)11-5-8-3-4-10-9(13)12(8)6-11/h5-7H,3-4H2,1-2H3/p+1. The van der Waals surface area contributed by atoms with Gasteiger partial charge >= 0.3 is 6.03 Å². The van der Waals surface area contributed by atoms with Crippen LogP contribution in [0.2, 0.25) is 0 Å². The van der Waals surface area contributed by atoms with Crippen molar-refractivity contribution in [1.82, 2.24) is 9.88 Å². The molecule has 0 saturated heterocycles. The zero-order valence-corrected chi connectivity index (χ0v) is 7.95. The molecular formula is C9H14N3O+. The highest BCUT2D eigenvalue weighted by molar-refractivity contribution is 5.78. The number of rotatable bonds is 1. The molecule has 1 aromatic heterocycles. The number of hydrogen-bond donors (Lipinski definition) is 1. The summed E-state index contributed by atoms with van der Waals surface area (Å²) in [7, 11) is 0. The summed E-state index contributed by atoms with van der Waals surface area (Å²) >= 11 is 0. The Bertz CT molecular complexity index is 341. The molecular weight excluding hydrogens is 166 g/mol. The molecule has 0 fully saturated rings. The van der Waals surface area contributed by atoms with Crippen molar-refractivity contribution < 1.29 is 9.36 Å². The molecule has 0 saturated carbocycles. The molecule has 0 aliphatic carbocycles. The molecule has 4 heteroatoms. The zero-order valence-electron chi connectivity index (χ0n) is 7.95. The SMILES string of the molecule is CC(C)[n+]1cc2n(c1)C(=O)NCC2. The van der Waals surface area contributed by atoms with E-state index >= 15 is 0 Å². The van der Waals surface area contributed by atoms with Crippen molar-refractivity contribution in [3.8, 4) is 0 Å². The van der Waals surface area contributed by atoms with Crippen LogP contribution in [-0.2, 0) is 6.42 Å². The summed E-state index contributed by atoms with van der Waals surface area (Å²) in [4.78, 5) is 11.4. The van der Waals surface area contributed by atoms with E-state index in [2.05, 4.69) is 23.7 Å². The van der Waals surface area contributed by atoms with Gasteiger partial charge in [-0.1, -0.05) is 0 Å². The second-order valence-electron chi connectivity index (χ2n) is 3.63. The second-order valence-corrected chi connectivity index (χ2v) is 3.63. The van der Waals surface area contributed by atoms with Crippen molar-refractivity contribution in [2.24, 2.45) is 0 Å². The summed E-state index contributed by atoms with van der Waals surface area (Å²) in [6.07, 6.45) is 4.82. The first-order valence-corrected chi connectivity index (χ1v) is 4.58. The topological polar surface area (TPSA) is 37.9 Å². The Hall–Kier alpha value is -1.32. The Morgan fingerprint density at radius 2 is 2.38 bits per heavy atom. The summed E-state index contributed by atoms with van der Waals surface area (Å²) in [5.41, 5.74) is 1.09. The minimum atomic E-state index is -0.0133. The molecule has 1 N–H and O–H groups in total. The smallest absolute Gasteiger partial charge is 0.317 e. The minimum absolute atomic E-state index is 0.0133. The third-order valence-electron chi connectivity index (χ3n) is 2.33. The Morgan fingerprint density at radius 3 is 3.00 bits per heavy atom. The van der Waals surface area contributed by atoms with Gasteiger partial charge in [-0.25, -0.2) is 9.36 Å². The van der Waals surface area contributed by atoms with E-state index in [9.17, 15) is 4.79 Å². The first-order chi connectivity index (χ1) is 6.18. The lowest BCUT2D eigenvalue weighted by Crippen LogP contribution is -2.37. The molecule has 0 spiro atoms. The Balaban J connectivity index is 2.42. The van der Waals surface area contributed by atoms with Crippen molar-refractivity contribution >= 4 is 6.03 Å². The number of amides is 1. The van der Waals surface area contributed by atoms with E-state index in [4.69, 9.17) is 0 Å². The molecule has 0 unspecified atom stereocenters. The lowest BCUT2D eigenvalue weighted by molar-refractivity contribution is -0.715. The van der Waals surface area contributed by atoms with Crippen molar-refractivity contribution in [2.45, 2.75) is 26.3 Å². The number of aromatic nitrogens is 2. The fourth-order valence-electron chi connectivity index (χ4n) is 1.51. The number of imidazole rings is 1. The average Bonchev–Trinajstić information content (AvgIpc) is 2.49. The maximum atomic E-state index is 11.4. The molecule has 1 amide bonds. The fraction of sp³-hybridized carbons (Fsp3) is 0.556. The summed E-state index contributed by atoms with van der Waals surface area (Å²) < 4.78 is 3.74. The average molecular weight is 180 g/mol. The highest BCUT2D eigenvalue weighted by Crippen LogP contribution is 2.04. The fourth-order valence-corrected chi connectivity index (χ4v) is 1.51. The molecule has 0 bridgehead atoms. The van der Waals surface area contributed by atoms with Gasteiger partial charge in [-0.3, -0.25) is 0 Å². The molecule has 0 radical (unpaired) electrons. The van der Waals surface area contributed by atoms with Crippen LogP contribution >= 0.6 is 0 Å². The van der Waals surface area contributed by atoms with Gasteiger partial charge in [-0.15, -0.1) is 4.57 Å². The number of fused-ring (bicyclic) bond motifs is 1. The third-order valence-corrected chi connectivity index (χ3v) is 2.33. The largest absolute Gasteiger partial charge is 0.413 e. The van der Waals surface area contributed by atoms with Gasteiger partial charge in [-0.05, 0) is 13.8 Å². The molecule has 1 aliphatic rings. The van der Waals surface area contributed by atoms with Gasteiger partial charge in [0.2, 0.25) is 0 Å². The van der Waals surface area contributed by atoms with E-state index < -0.39 is 0 Å². The number of nitrogens with zero attached hydrogens (tertiary/aromatic N) is 2. The molecule has 70 valence electrons. The molecule has 1 aliphatic heterocycles. The summed E-state index contributed by atoms with van der Waals surface area (Å²) in [5.74, 6) is 0. The first kappa shape index (κ1) is 8.29. The van der Waals surface area contributed by atoms with Crippen molar-refractivity contribution in [3.63, 3.8) is 0 Å². The van der Waals surface area contributed by atoms with E-state index in [1.807, 2.05) is 12.5 Å². The van der Waals surface area contributed by atoms with Crippen LogP contribution in [0.4, 0.5) is 4.79 Å². The molecule has 0 atom stereocenters. The molecule has 1 aromatic rings. The van der Waals surface area contributed by atoms with Gasteiger partial charge in [0.05, 0.1) is 6.04 Å².